The lowest BCUT2D eigenvalue weighted by molar-refractivity contribution is 0.474. The Morgan fingerprint density at radius 1 is 1.35 bits per heavy atom. The van der Waals surface area contributed by atoms with Crippen LogP contribution in [-0.2, 0) is 6.54 Å². The maximum Gasteiger partial charge on any atom is 0.250 e. The molecule has 1 aromatic heterocycles. The maximum atomic E-state index is 11.5. The zero-order chi connectivity index (χ0) is 12.1. The smallest absolute Gasteiger partial charge is 0.250 e. The highest BCUT2D eigenvalue weighted by atomic mass is 79.9. The minimum atomic E-state index is 0.0656. The van der Waals surface area contributed by atoms with Crippen molar-refractivity contribution >= 4 is 15.9 Å². The minimum Gasteiger partial charge on any atom is -0.315 e. The summed E-state index contributed by atoms with van der Waals surface area (Å²) in [4.78, 5) is 11.5. The fraction of sp³-hybridized carbons (Fsp3) is 0.615. The summed E-state index contributed by atoms with van der Waals surface area (Å²) in [6.45, 7) is 2.71. The summed E-state index contributed by atoms with van der Waals surface area (Å²) in [6, 6.07) is 3.38. The second-order valence-corrected chi connectivity index (χ2v) is 5.65. The van der Waals surface area contributed by atoms with Gasteiger partial charge in [0.25, 0.3) is 5.56 Å². The summed E-state index contributed by atoms with van der Waals surface area (Å²) in [5, 5.41) is 3.45. The first-order valence-corrected chi connectivity index (χ1v) is 7.12. The van der Waals surface area contributed by atoms with Crippen molar-refractivity contribution in [2.75, 3.05) is 13.1 Å². The second kappa shape index (κ2) is 6.36. The Morgan fingerprint density at radius 2 is 2.12 bits per heavy atom. The zero-order valence-corrected chi connectivity index (χ0v) is 11.6. The minimum absolute atomic E-state index is 0.0656. The Kier molecular flexibility index (Phi) is 4.80. The van der Waals surface area contributed by atoms with Crippen LogP contribution in [0, 0.1) is 5.92 Å². The molecule has 0 aromatic carbocycles. The van der Waals surface area contributed by atoms with Gasteiger partial charge in [-0.1, -0.05) is 12.8 Å². The van der Waals surface area contributed by atoms with Crippen molar-refractivity contribution in [1.82, 2.24) is 9.88 Å². The molecule has 0 bridgehead atoms. The van der Waals surface area contributed by atoms with Crippen molar-refractivity contribution in [2.24, 2.45) is 5.92 Å². The number of nitrogens with one attached hydrogen (secondary N) is 1. The van der Waals surface area contributed by atoms with Gasteiger partial charge >= 0.3 is 0 Å². The number of halogens is 1. The van der Waals surface area contributed by atoms with E-state index < -0.39 is 0 Å². The molecule has 0 radical (unpaired) electrons. The van der Waals surface area contributed by atoms with Crippen LogP contribution < -0.4 is 10.9 Å². The van der Waals surface area contributed by atoms with Crippen molar-refractivity contribution in [1.29, 1.82) is 0 Å². The second-order valence-electron chi connectivity index (χ2n) is 4.73. The van der Waals surface area contributed by atoms with Crippen LogP contribution in [0.25, 0.3) is 0 Å². The van der Waals surface area contributed by atoms with Gasteiger partial charge in [-0.25, -0.2) is 0 Å². The van der Waals surface area contributed by atoms with E-state index in [9.17, 15) is 4.79 Å². The molecule has 1 aromatic rings. The molecule has 1 heterocycles. The molecule has 0 unspecified atom stereocenters. The van der Waals surface area contributed by atoms with Gasteiger partial charge in [-0.2, -0.15) is 0 Å². The van der Waals surface area contributed by atoms with Gasteiger partial charge in [-0.05, 0) is 47.3 Å². The van der Waals surface area contributed by atoms with Crippen LogP contribution in [0.15, 0.2) is 27.6 Å². The summed E-state index contributed by atoms with van der Waals surface area (Å²) in [5.41, 5.74) is 0.0656. The van der Waals surface area contributed by atoms with Crippen molar-refractivity contribution in [2.45, 2.75) is 32.2 Å². The zero-order valence-electron chi connectivity index (χ0n) is 9.99. The van der Waals surface area contributed by atoms with Crippen LogP contribution in [0.3, 0.4) is 0 Å². The van der Waals surface area contributed by atoms with Gasteiger partial charge in [0, 0.05) is 29.8 Å². The Balaban J connectivity index is 1.74. The van der Waals surface area contributed by atoms with E-state index in [0.29, 0.717) is 0 Å². The first kappa shape index (κ1) is 12.8. The molecule has 1 fully saturated rings. The van der Waals surface area contributed by atoms with E-state index in [-0.39, 0.29) is 5.56 Å². The highest BCUT2D eigenvalue weighted by Gasteiger charge is 2.13. The third-order valence-electron chi connectivity index (χ3n) is 3.38. The number of nitrogens with zero attached hydrogens (tertiary/aromatic N) is 1. The van der Waals surface area contributed by atoms with Crippen molar-refractivity contribution in [3.05, 3.63) is 33.2 Å². The van der Waals surface area contributed by atoms with E-state index in [4.69, 9.17) is 0 Å². The molecule has 4 heteroatoms. The monoisotopic (exact) mass is 298 g/mol. The van der Waals surface area contributed by atoms with E-state index in [1.54, 1.807) is 16.7 Å². The molecule has 1 aliphatic carbocycles. The standard InChI is InChI=1S/C13H19BrN2O/c14-12-5-6-13(17)16(10-12)8-7-15-9-11-3-1-2-4-11/h5-6,10-11,15H,1-4,7-9H2. The van der Waals surface area contributed by atoms with Gasteiger partial charge in [0.1, 0.15) is 0 Å². The lowest BCUT2D eigenvalue weighted by Gasteiger charge is -2.11. The molecule has 0 amide bonds. The Hall–Kier alpha value is -0.610. The Bertz CT molecular complexity index is 410. The lowest BCUT2D eigenvalue weighted by atomic mass is 10.1. The third kappa shape index (κ3) is 3.96. The van der Waals surface area contributed by atoms with E-state index >= 15 is 0 Å². The highest BCUT2D eigenvalue weighted by Crippen LogP contribution is 2.23. The fourth-order valence-electron chi connectivity index (χ4n) is 2.40. The molecule has 1 N–H and O–H groups in total. The van der Waals surface area contributed by atoms with Crippen molar-refractivity contribution < 1.29 is 0 Å². The molecule has 1 aliphatic rings. The third-order valence-corrected chi connectivity index (χ3v) is 3.85. The Labute approximate surface area is 110 Å². The summed E-state index contributed by atoms with van der Waals surface area (Å²) in [7, 11) is 0. The van der Waals surface area contributed by atoms with Gasteiger partial charge in [0.2, 0.25) is 0 Å². The number of hydrogen-bond acceptors (Lipinski definition) is 2. The first-order valence-electron chi connectivity index (χ1n) is 6.32. The topological polar surface area (TPSA) is 34.0 Å². The van der Waals surface area contributed by atoms with Crippen molar-refractivity contribution in [3.8, 4) is 0 Å². The van der Waals surface area contributed by atoms with E-state index in [0.717, 1.165) is 30.0 Å². The van der Waals surface area contributed by atoms with Crippen LogP contribution in [0.5, 0.6) is 0 Å². The van der Waals surface area contributed by atoms with Crippen LogP contribution in [0.1, 0.15) is 25.7 Å². The van der Waals surface area contributed by atoms with Crippen LogP contribution >= 0.6 is 15.9 Å². The molecule has 3 nitrogen and oxygen atoms in total. The summed E-state index contributed by atoms with van der Waals surface area (Å²) in [5.74, 6) is 0.856. The fourth-order valence-corrected chi connectivity index (χ4v) is 2.78. The van der Waals surface area contributed by atoms with Gasteiger partial charge < -0.3 is 9.88 Å². The normalized spacial score (nSPS) is 16.5. The maximum absolute atomic E-state index is 11.5. The van der Waals surface area contributed by atoms with Crippen LogP contribution in [-0.4, -0.2) is 17.7 Å². The largest absolute Gasteiger partial charge is 0.315 e. The van der Waals surface area contributed by atoms with Gasteiger partial charge in [-0.15, -0.1) is 0 Å². The average Bonchev–Trinajstić information content (AvgIpc) is 2.82. The molecule has 17 heavy (non-hydrogen) atoms. The number of pyridine rings is 1. The van der Waals surface area contributed by atoms with E-state index in [2.05, 4.69) is 21.2 Å². The molecule has 0 aliphatic heterocycles. The summed E-state index contributed by atoms with van der Waals surface area (Å²) in [6.07, 6.45) is 7.35. The summed E-state index contributed by atoms with van der Waals surface area (Å²) >= 11 is 3.38. The molecule has 0 atom stereocenters. The number of hydrogen-bond donors (Lipinski definition) is 1. The van der Waals surface area contributed by atoms with Gasteiger partial charge in [0.05, 0.1) is 0 Å². The highest BCUT2D eigenvalue weighted by molar-refractivity contribution is 9.10. The molecule has 1 saturated carbocycles. The first-order chi connectivity index (χ1) is 8.25. The lowest BCUT2D eigenvalue weighted by Crippen LogP contribution is -2.28. The van der Waals surface area contributed by atoms with Gasteiger partial charge in [0.15, 0.2) is 0 Å². The molecular formula is C13H19BrN2O. The molecule has 2 rings (SSSR count). The Morgan fingerprint density at radius 3 is 2.88 bits per heavy atom. The number of aromatic nitrogens is 1. The molecule has 94 valence electrons. The predicted octanol–water partition coefficient (Wildman–Crippen LogP) is 2.39. The van der Waals surface area contributed by atoms with E-state index in [1.165, 1.54) is 25.7 Å². The number of rotatable bonds is 5. The molecule has 0 saturated heterocycles. The SMILES string of the molecule is O=c1ccc(Br)cn1CCNCC1CCCC1. The van der Waals surface area contributed by atoms with Crippen LogP contribution in [0.2, 0.25) is 0 Å². The predicted molar refractivity (Wildman–Crippen MR) is 73.2 cm³/mol. The van der Waals surface area contributed by atoms with E-state index in [1.807, 2.05) is 6.20 Å². The van der Waals surface area contributed by atoms with Gasteiger partial charge in [-0.3, -0.25) is 4.79 Å². The average molecular weight is 299 g/mol. The molecular weight excluding hydrogens is 280 g/mol. The van der Waals surface area contributed by atoms with Crippen molar-refractivity contribution in [3.63, 3.8) is 0 Å². The van der Waals surface area contributed by atoms with Crippen LogP contribution in [0.4, 0.5) is 0 Å². The molecule has 0 spiro atoms. The summed E-state index contributed by atoms with van der Waals surface area (Å²) < 4.78 is 2.69. The quantitative estimate of drug-likeness (QED) is 0.847.